The fraction of sp³-hybridized carbons (Fsp3) is 0.538. The van der Waals surface area contributed by atoms with Gasteiger partial charge in [0.2, 0.25) is 0 Å². The zero-order valence-corrected chi connectivity index (χ0v) is 10.3. The Morgan fingerprint density at radius 3 is 2.78 bits per heavy atom. The molecule has 1 aromatic carbocycles. The Kier molecular flexibility index (Phi) is 3.81. The lowest BCUT2D eigenvalue weighted by Gasteiger charge is -2.25. The maximum absolute atomic E-state index is 10.7. The van der Waals surface area contributed by atoms with Crippen LogP contribution in [0.1, 0.15) is 37.9 Å². The summed E-state index contributed by atoms with van der Waals surface area (Å²) in [5, 5.41) is 20.3. The molecule has 0 spiro atoms. The maximum Gasteiger partial charge on any atom is 0.270 e. The van der Waals surface area contributed by atoms with Crippen LogP contribution in [0.3, 0.4) is 0 Å². The van der Waals surface area contributed by atoms with Crippen molar-refractivity contribution in [3.05, 3.63) is 33.9 Å². The lowest BCUT2D eigenvalue weighted by molar-refractivity contribution is -0.385. The zero-order chi connectivity index (χ0) is 13.1. The summed E-state index contributed by atoms with van der Waals surface area (Å²) in [6.45, 7) is 2.20. The van der Waals surface area contributed by atoms with Crippen LogP contribution < -0.4 is 4.74 Å². The van der Waals surface area contributed by atoms with Crippen molar-refractivity contribution >= 4 is 5.69 Å². The predicted octanol–water partition coefficient (Wildman–Crippen LogP) is 2.83. The Morgan fingerprint density at radius 2 is 2.28 bits per heavy atom. The SMILES string of the molecule is C[C@H](O)c1cc([N+](=O)[O-])ccc1OCC1CCC1. The molecule has 0 unspecified atom stereocenters. The third kappa shape index (κ3) is 2.79. The number of hydrogen-bond acceptors (Lipinski definition) is 4. The van der Waals surface area contributed by atoms with Crippen LogP contribution in [0.2, 0.25) is 0 Å². The van der Waals surface area contributed by atoms with Gasteiger partial charge in [0.05, 0.1) is 17.6 Å². The summed E-state index contributed by atoms with van der Waals surface area (Å²) in [7, 11) is 0. The van der Waals surface area contributed by atoms with Gasteiger partial charge in [0.15, 0.2) is 0 Å². The molecule has 5 nitrogen and oxygen atoms in total. The van der Waals surface area contributed by atoms with Crippen LogP contribution in [0.4, 0.5) is 5.69 Å². The minimum Gasteiger partial charge on any atom is -0.493 e. The van der Waals surface area contributed by atoms with E-state index in [0.717, 1.165) is 0 Å². The molecule has 1 fully saturated rings. The highest BCUT2D eigenvalue weighted by Crippen LogP contribution is 2.32. The minimum atomic E-state index is -0.777. The molecule has 18 heavy (non-hydrogen) atoms. The van der Waals surface area contributed by atoms with E-state index in [1.54, 1.807) is 13.0 Å². The van der Waals surface area contributed by atoms with Crippen LogP contribution >= 0.6 is 0 Å². The molecule has 2 rings (SSSR count). The van der Waals surface area contributed by atoms with Crippen molar-refractivity contribution in [3.63, 3.8) is 0 Å². The molecule has 1 saturated carbocycles. The fourth-order valence-electron chi connectivity index (χ4n) is 1.97. The summed E-state index contributed by atoms with van der Waals surface area (Å²) < 4.78 is 5.65. The summed E-state index contributed by atoms with van der Waals surface area (Å²) in [6, 6.07) is 4.35. The first-order chi connectivity index (χ1) is 8.58. The van der Waals surface area contributed by atoms with E-state index in [1.165, 1.54) is 31.4 Å². The Balaban J connectivity index is 2.14. The van der Waals surface area contributed by atoms with Crippen molar-refractivity contribution in [1.82, 2.24) is 0 Å². The molecule has 1 aromatic rings. The Morgan fingerprint density at radius 1 is 1.56 bits per heavy atom. The third-order valence-electron chi connectivity index (χ3n) is 3.35. The largest absolute Gasteiger partial charge is 0.493 e. The van der Waals surface area contributed by atoms with Crippen molar-refractivity contribution in [2.45, 2.75) is 32.3 Å². The van der Waals surface area contributed by atoms with Crippen LogP contribution in [-0.4, -0.2) is 16.6 Å². The van der Waals surface area contributed by atoms with E-state index >= 15 is 0 Å². The number of aliphatic hydroxyl groups excluding tert-OH is 1. The monoisotopic (exact) mass is 251 g/mol. The number of aliphatic hydroxyl groups is 1. The molecular formula is C13H17NO4. The smallest absolute Gasteiger partial charge is 0.270 e. The van der Waals surface area contributed by atoms with Gasteiger partial charge in [0.1, 0.15) is 5.75 Å². The van der Waals surface area contributed by atoms with Gasteiger partial charge in [-0.05, 0) is 31.7 Å². The fourth-order valence-corrected chi connectivity index (χ4v) is 1.97. The van der Waals surface area contributed by atoms with Crippen LogP contribution in [0.25, 0.3) is 0 Å². The summed E-state index contributed by atoms with van der Waals surface area (Å²) in [5.41, 5.74) is 0.449. The predicted molar refractivity (Wildman–Crippen MR) is 66.6 cm³/mol. The van der Waals surface area contributed by atoms with Gasteiger partial charge < -0.3 is 9.84 Å². The van der Waals surface area contributed by atoms with Crippen LogP contribution in [-0.2, 0) is 0 Å². The first-order valence-electron chi connectivity index (χ1n) is 6.17. The molecule has 5 heteroatoms. The molecule has 0 aromatic heterocycles. The quantitative estimate of drug-likeness (QED) is 0.645. The number of nitrogens with zero attached hydrogens (tertiary/aromatic N) is 1. The van der Waals surface area contributed by atoms with E-state index in [1.807, 2.05) is 0 Å². The number of ether oxygens (including phenoxy) is 1. The Hall–Kier alpha value is -1.62. The molecule has 0 radical (unpaired) electrons. The molecule has 0 bridgehead atoms. The van der Waals surface area contributed by atoms with E-state index in [4.69, 9.17) is 4.74 Å². The highest BCUT2D eigenvalue weighted by Gasteiger charge is 2.20. The van der Waals surface area contributed by atoms with Crippen molar-refractivity contribution in [1.29, 1.82) is 0 Å². The molecule has 1 aliphatic rings. The maximum atomic E-state index is 10.7. The number of benzene rings is 1. The standard InChI is InChI=1S/C13H17NO4/c1-9(15)12-7-11(14(16)17)5-6-13(12)18-8-10-3-2-4-10/h5-7,9-10,15H,2-4,8H2,1H3/t9-/m0/s1. The Labute approximate surface area is 106 Å². The molecule has 1 aliphatic carbocycles. The second-order valence-electron chi connectivity index (χ2n) is 4.76. The first kappa shape index (κ1) is 12.8. The van der Waals surface area contributed by atoms with Gasteiger partial charge >= 0.3 is 0 Å². The minimum absolute atomic E-state index is 0.0260. The summed E-state index contributed by atoms with van der Waals surface area (Å²) >= 11 is 0. The molecule has 0 aliphatic heterocycles. The summed E-state index contributed by atoms with van der Waals surface area (Å²) in [5.74, 6) is 1.13. The van der Waals surface area contributed by atoms with Crippen molar-refractivity contribution in [3.8, 4) is 5.75 Å². The van der Waals surface area contributed by atoms with E-state index in [0.29, 0.717) is 23.8 Å². The van der Waals surface area contributed by atoms with Crippen molar-refractivity contribution in [2.75, 3.05) is 6.61 Å². The van der Waals surface area contributed by atoms with Gasteiger partial charge in [-0.25, -0.2) is 0 Å². The number of nitro benzene ring substituents is 1. The van der Waals surface area contributed by atoms with E-state index in [-0.39, 0.29) is 5.69 Å². The molecule has 98 valence electrons. The topological polar surface area (TPSA) is 72.6 Å². The average Bonchev–Trinajstić information content (AvgIpc) is 2.26. The Bertz CT molecular complexity index is 441. The molecule has 1 N–H and O–H groups in total. The number of nitro groups is 1. The van der Waals surface area contributed by atoms with Gasteiger partial charge in [0.25, 0.3) is 5.69 Å². The van der Waals surface area contributed by atoms with E-state index in [9.17, 15) is 15.2 Å². The second-order valence-corrected chi connectivity index (χ2v) is 4.76. The van der Waals surface area contributed by atoms with E-state index in [2.05, 4.69) is 0 Å². The highest BCUT2D eigenvalue weighted by atomic mass is 16.6. The van der Waals surface area contributed by atoms with Crippen LogP contribution in [0.15, 0.2) is 18.2 Å². The number of rotatable bonds is 5. The lowest BCUT2D eigenvalue weighted by Crippen LogP contribution is -2.19. The van der Waals surface area contributed by atoms with Gasteiger partial charge in [-0.3, -0.25) is 10.1 Å². The summed E-state index contributed by atoms with van der Waals surface area (Å²) in [6.07, 6.45) is 2.83. The molecule has 0 saturated heterocycles. The normalized spacial score (nSPS) is 17.0. The van der Waals surface area contributed by atoms with Crippen LogP contribution in [0, 0.1) is 16.0 Å². The molecule has 0 amide bonds. The van der Waals surface area contributed by atoms with Gasteiger partial charge in [-0.2, -0.15) is 0 Å². The van der Waals surface area contributed by atoms with Crippen molar-refractivity contribution < 1.29 is 14.8 Å². The van der Waals surface area contributed by atoms with Gasteiger partial charge in [0, 0.05) is 17.7 Å². The van der Waals surface area contributed by atoms with Gasteiger partial charge in [-0.15, -0.1) is 0 Å². The highest BCUT2D eigenvalue weighted by molar-refractivity contribution is 5.44. The molecular weight excluding hydrogens is 234 g/mol. The van der Waals surface area contributed by atoms with Gasteiger partial charge in [-0.1, -0.05) is 6.42 Å². The lowest BCUT2D eigenvalue weighted by atomic mass is 9.86. The zero-order valence-electron chi connectivity index (χ0n) is 10.3. The van der Waals surface area contributed by atoms with Crippen LogP contribution in [0.5, 0.6) is 5.75 Å². The second kappa shape index (κ2) is 5.35. The average molecular weight is 251 g/mol. The molecule has 1 atom stereocenters. The number of hydrogen-bond donors (Lipinski definition) is 1. The molecule has 0 heterocycles. The van der Waals surface area contributed by atoms with E-state index < -0.39 is 11.0 Å². The third-order valence-corrected chi connectivity index (χ3v) is 3.35. The first-order valence-corrected chi connectivity index (χ1v) is 6.17. The summed E-state index contributed by atoms with van der Waals surface area (Å²) in [4.78, 5) is 10.2. The number of non-ortho nitro benzene ring substituents is 1. The van der Waals surface area contributed by atoms with Crippen molar-refractivity contribution in [2.24, 2.45) is 5.92 Å².